The van der Waals surface area contributed by atoms with Gasteiger partial charge in [-0.3, -0.25) is 5.10 Å². The molecule has 0 aliphatic carbocycles. The Hall–Kier alpha value is -1.69. The lowest BCUT2D eigenvalue weighted by molar-refractivity contribution is 0.421. The summed E-state index contributed by atoms with van der Waals surface area (Å²) in [6.45, 7) is 8.09. The third kappa shape index (κ3) is 3.96. The first-order valence-electron chi connectivity index (χ1n) is 6.13. The lowest BCUT2D eigenvalue weighted by Gasteiger charge is -2.19. The number of aryl methyl sites for hydroxylation is 2. The van der Waals surface area contributed by atoms with Crippen molar-refractivity contribution in [2.24, 2.45) is 0 Å². The summed E-state index contributed by atoms with van der Waals surface area (Å²) in [7, 11) is 0. The van der Waals surface area contributed by atoms with Gasteiger partial charge >= 0.3 is 0 Å². The molecular formula is C12H20N6. The zero-order valence-electron chi connectivity index (χ0n) is 11.1. The van der Waals surface area contributed by atoms with Crippen LogP contribution < -0.4 is 5.32 Å². The molecule has 0 atom stereocenters. The van der Waals surface area contributed by atoms with Crippen molar-refractivity contribution in [1.29, 1.82) is 0 Å². The van der Waals surface area contributed by atoms with Crippen LogP contribution in [0.2, 0.25) is 0 Å². The maximum Gasteiger partial charge on any atom is 0.137 e. The predicted octanol–water partition coefficient (Wildman–Crippen LogP) is 1.13. The smallest absolute Gasteiger partial charge is 0.137 e. The van der Waals surface area contributed by atoms with E-state index in [0.717, 1.165) is 31.0 Å². The monoisotopic (exact) mass is 248 g/mol. The minimum atomic E-state index is 0.115. The highest BCUT2D eigenvalue weighted by atomic mass is 15.2. The number of imidazole rings is 1. The molecule has 18 heavy (non-hydrogen) atoms. The molecule has 0 fully saturated rings. The van der Waals surface area contributed by atoms with Crippen LogP contribution in [0.3, 0.4) is 0 Å². The summed E-state index contributed by atoms with van der Waals surface area (Å²) in [4.78, 5) is 8.47. The normalized spacial score (nSPS) is 11.9. The van der Waals surface area contributed by atoms with Crippen molar-refractivity contribution in [1.82, 2.24) is 30.0 Å². The van der Waals surface area contributed by atoms with Gasteiger partial charge in [-0.2, -0.15) is 5.10 Å². The second-order valence-corrected chi connectivity index (χ2v) is 5.39. The molecule has 98 valence electrons. The van der Waals surface area contributed by atoms with Crippen molar-refractivity contribution in [3.8, 4) is 0 Å². The summed E-state index contributed by atoms with van der Waals surface area (Å²) in [5.41, 5.74) is 1.17. The van der Waals surface area contributed by atoms with Crippen LogP contribution in [0.25, 0.3) is 0 Å². The van der Waals surface area contributed by atoms with Crippen LogP contribution >= 0.6 is 0 Å². The van der Waals surface area contributed by atoms with Crippen LogP contribution in [0.5, 0.6) is 0 Å². The van der Waals surface area contributed by atoms with Crippen LogP contribution in [0.4, 0.5) is 0 Å². The molecule has 0 spiro atoms. The Bertz CT molecular complexity index is 465. The molecule has 0 unspecified atom stereocenters. The number of rotatable bonds is 5. The van der Waals surface area contributed by atoms with Crippen LogP contribution in [0.1, 0.15) is 32.3 Å². The number of hydrogen-bond donors (Lipinski definition) is 2. The highest BCUT2D eigenvalue weighted by molar-refractivity contribution is 4.97. The van der Waals surface area contributed by atoms with E-state index < -0.39 is 0 Å². The second-order valence-electron chi connectivity index (χ2n) is 5.39. The minimum absolute atomic E-state index is 0.115. The van der Waals surface area contributed by atoms with Crippen molar-refractivity contribution < 1.29 is 0 Å². The molecule has 0 aromatic carbocycles. The second kappa shape index (κ2) is 5.30. The van der Waals surface area contributed by atoms with Gasteiger partial charge in [-0.1, -0.05) is 0 Å². The zero-order valence-corrected chi connectivity index (χ0v) is 11.1. The Labute approximate surface area is 107 Å². The first kappa shape index (κ1) is 12.8. The van der Waals surface area contributed by atoms with E-state index in [4.69, 9.17) is 0 Å². The quantitative estimate of drug-likeness (QED) is 0.832. The van der Waals surface area contributed by atoms with Crippen molar-refractivity contribution in [3.63, 3.8) is 0 Å². The third-order valence-electron chi connectivity index (χ3n) is 2.56. The highest BCUT2D eigenvalue weighted by Gasteiger charge is 2.09. The molecular weight excluding hydrogens is 228 g/mol. The molecule has 2 rings (SSSR count). The van der Waals surface area contributed by atoms with Gasteiger partial charge in [0.15, 0.2) is 0 Å². The molecule has 0 radical (unpaired) electrons. The molecule has 6 heteroatoms. The van der Waals surface area contributed by atoms with E-state index in [9.17, 15) is 0 Å². The van der Waals surface area contributed by atoms with Gasteiger partial charge in [-0.05, 0) is 20.8 Å². The first-order valence-corrected chi connectivity index (χ1v) is 6.13. The van der Waals surface area contributed by atoms with Gasteiger partial charge in [0.1, 0.15) is 12.2 Å². The fourth-order valence-electron chi connectivity index (χ4n) is 1.56. The number of hydrogen-bond acceptors (Lipinski definition) is 4. The Morgan fingerprint density at radius 1 is 1.33 bits per heavy atom. The Morgan fingerprint density at radius 2 is 2.17 bits per heavy atom. The fraction of sp³-hybridized carbons (Fsp3) is 0.583. The molecule has 2 N–H and O–H groups in total. The molecule has 0 amide bonds. The lowest BCUT2D eigenvalue weighted by atomic mass is 10.1. The predicted molar refractivity (Wildman–Crippen MR) is 68.9 cm³/mol. The van der Waals surface area contributed by atoms with Crippen molar-refractivity contribution in [2.75, 3.05) is 0 Å². The summed E-state index contributed by atoms with van der Waals surface area (Å²) >= 11 is 0. The van der Waals surface area contributed by atoms with E-state index >= 15 is 0 Å². The number of H-pyrrole nitrogens is 1. The molecule has 0 bridgehead atoms. The van der Waals surface area contributed by atoms with Gasteiger partial charge < -0.3 is 9.88 Å². The van der Waals surface area contributed by atoms with Gasteiger partial charge in [0.25, 0.3) is 0 Å². The van der Waals surface area contributed by atoms with Gasteiger partial charge in [0, 0.05) is 31.2 Å². The average molecular weight is 248 g/mol. The fourth-order valence-corrected chi connectivity index (χ4v) is 1.56. The van der Waals surface area contributed by atoms with E-state index in [1.807, 2.05) is 6.33 Å². The van der Waals surface area contributed by atoms with Gasteiger partial charge in [-0.15, -0.1) is 0 Å². The van der Waals surface area contributed by atoms with Crippen LogP contribution in [-0.2, 0) is 19.5 Å². The molecule has 2 heterocycles. The lowest BCUT2D eigenvalue weighted by Crippen LogP contribution is -2.35. The minimum Gasteiger partial charge on any atom is -0.337 e. The summed E-state index contributed by atoms with van der Waals surface area (Å²) in [6.07, 6.45) is 6.29. The van der Waals surface area contributed by atoms with E-state index in [1.165, 1.54) is 6.33 Å². The number of nitrogens with one attached hydrogen (secondary N) is 2. The van der Waals surface area contributed by atoms with Crippen molar-refractivity contribution in [3.05, 3.63) is 30.4 Å². The summed E-state index contributed by atoms with van der Waals surface area (Å²) < 4.78 is 2.07. The molecule has 2 aromatic rings. The Kier molecular flexibility index (Phi) is 3.76. The number of aromatic amines is 1. The molecule has 2 aromatic heterocycles. The highest BCUT2D eigenvalue weighted by Crippen LogP contribution is 2.03. The topological polar surface area (TPSA) is 71.4 Å². The largest absolute Gasteiger partial charge is 0.337 e. The van der Waals surface area contributed by atoms with E-state index in [-0.39, 0.29) is 5.54 Å². The summed E-state index contributed by atoms with van der Waals surface area (Å²) in [5, 5.41) is 10.1. The maximum atomic E-state index is 4.37. The standard InChI is InChI=1S/C12H20N6/c1-12(2,3)15-6-10-7-18(9-14-10)5-4-11-13-8-16-17-11/h7-9,15H,4-6H2,1-3H3,(H,13,16,17). The molecule has 0 saturated carbocycles. The average Bonchev–Trinajstić information content (AvgIpc) is 2.94. The maximum absolute atomic E-state index is 4.37. The number of nitrogens with zero attached hydrogens (tertiary/aromatic N) is 4. The van der Waals surface area contributed by atoms with E-state index in [0.29, 0.717) is 0 Å². The van der Waals surface area contributed by atoms with E-state index in [1.54, 1.807) is 0 Å². The third-order valence-corrected chi connectivity index (χ3v) is 2.56. The van der Waals surface area contributed by atoms with E-state index in [2.05, 4.69) is 57.0 Å². The first-order chi connectivity index (χ1) is 8.53. The van der Waals surface area contributed by atoms with Crippen LogP contribution in [0, 0.1) is 0 Å². The summed E-state index contributed by atoms with van der Waals surface area (Å²) in [5.74, 6) is 0.901. The Balaban J connectivity index is 1.82. The van der Waals surface area contributed by atoms with Gasteiger partial charge in [-0.25, -0.2) is 9.97 Å². The van der Waals surface area contributed by atoms with Crippen molar-refractivity contribution >= 4 is 0 Å². The van der Waals surface area contributed by atoms with Crippen molar-refractivity contribution in [2.45, 2.75) is 45.8 Å². The molecule has 0 saturated heterocycles. The zero-order chi connectivity index (χ0) is 13.0. The Morgan fingerprint density at radius 3 is 2.83 bits per heavy atom. The molecule has 0 aliphatic rings. The summed E-state index contributed by atoms with van der Waals surface area (Å²) in [6, 6.07) is 0. The van der Waals surface area contributed by atoms with Crippen LogP contribution in [-0.4, -0.2) is 30.3 Å². The molecule has 6 nitrogen and oxygen atoms in total. The van der Waals surface area contributed by atoms with Gasteiger partial charge in [0.05, 0.1) is 12.0 Å². The van der Waals surface area contributed by atoms with Crippen LogP contribution in [0.15, 0.2) is 18.9 Å². The van der Waals surface area contributed by atoms with Gasteiger partial charge in [0.2, 0.25) is 0 Å². The molecule has 0 aliphatic heterocycles. The SMILES string of the molecule is CC(C)(C)NCc1cn(CCc2ncn[nH]2)cn1. The number of aromatic nitrogens is 5.